The van der Waals surface area contributed by atoms with Crippen LogP contribution < -0.4 is 16.8 Å². The zero-order valence-corrected chi connectivity index (χ0v) is 16.2. The number of fused-ring (bicyclic) bond motifs is 1. The lowest BCUT2D eigenvalue weighted by atomic mass is 10.0. The molecule has 1 aromatic carbocycles. The number of benzene rings is 1. The van der Waals surface area contributed by atoms with Crippen LogP contribution in [0.15, 0.2) is 57.1 Å². The predicted molar refractivity (Wildman–Crippen MR) is 107 cm³/mol. The number of carbonyl (C=O) groups is 1. The summed E-state index contributed by atoms with van der Waals surface area (Å²) >= 11 is 0. The number of nitrogens with zero attached hydrogens (tertiary/aromatic N) is 3. The van der Waals surface area contributed by atoms with Crippen molar-refractivity contribution in [3.63, 3.8) is 0 Å². The standard InChI is InChI=1S/C21H19FN4O4/c1-13-9-25(21(30)23-20(13)29)12-19(28)24-7-6-14-8-18(27)26(11-15(14)10-24)17-4-2-16(22)3-5-17/h2-5,8-9,11H,6-7,10,12H2,1H3,(H,23,29,30). The topological polar surface area (TPSA) is 97.2 Å². The Labute approximate surface area is 169 Å². The molecule has 0 radical (unpaired) electrons. The number of aromatic amines is 1. The van der Waals surface area contributed by atoms with Crippen LogP contribution >= 0.6 is 0 Å². The number of nitrogens with one attached hydrogen (secondary N) is 1. The molecule has 1 N–H and O–H groups in total. The van der Waals surface area contributed by atoms with Gasteiger partial charge in [0.1, 0.15) is 12.4 Å². The van der Waals surface area contributed by atoms with Gasteiger partial charge in [0.2, 0.25) is 5.91 Å². The molecule has 0 bridgehead atoms. The van der Waals surface area contributed by atoms with E-state index >= 15 is 0 Å². The number of halogens is 1. The summed E-state index contributed by atoms with van der Waals surface area (Å²) < 4.78 is 15.8. The molecular formula is C21H19FN4O4. The minimum absolute atomic E-state index is 0.191. The first-order valence-electron chi connectivity index (χ1n) is 9.40. The summed E-state index contributed by atoms with van der Waals surface area (Å²) in [6.45, 7) is 2.07. The van der Waals surface area contributed by atoms with Crippen LogP contribution in [-0.4, -0.2) is 31.5 Å². The van der Waals surface area contributed by atoms with Crippen molar-refractivity contribution in [3.05, 3.63) is 96.4 Å². The third kappa shape index (κ3) is 3.73. The highest BCUT2D eigenvalue weighted by Gasteiger charge is 2.22. The maximum atomic E-state index is 13.2. The first-order valence-corrected chi connectivity index (χ1v) is 9.40. The number of aryl methyl sites for hydroxylation is 1. The van der Waals surface area contributed by atoms with Crippen LogP contribution in [0.1, 0.15) is 16.7 Å². The zero-order chi connectivity index (χ0) is 21.4. The summed E-state index contributed by atoms with van der Waals surface area (Å²) in [6, 6.07) is 7.12. The van der Waals surface area contributed by atoms with Crippen molar-refractivity contribution in [3.8, 4) is 5.69 Å². The molecule has 4 rings (SSSR count). The predicted octanol–water partition coefficient (Wildman–Crippen LogP) is 0.720. The van der Waals surface area contributed by atoms with E-state index in [0.717, 1.165) is 11.1 Å². The molecule has 3 aromatic rings. The van der Waals surface area contributed by atoms with Crippen molar-refractivity contribution in [2.45, 2.75) is 26.4 Å². The summed E-state index contributed by atoms with van der Waals surface area (Å²) in [5.41, 5.74) is 1.20. The molecule has 0 saturated heterocycles. The van der Waals surface area contributed by atoms with E-state index in [2.05, 4.69) is 4.98 Å². The van der Waals surface area contributed by atoms with Crippen LogP contribution in [0.4, 0.5) is 4.39 Å². The second-order valence-electron chi connectivity index (χ2n) is 7.27. The fraction of sp³-hybridized carbons (Fsp3) is 0.238. The van der Waals surface area contributed by atoms with Crippen molar-refractivity contribution in [2.75, 3.05) is 6.54 Å². The summed E-state index contributed by atoms with van der Waals surface area (Å²) in [6.07, 6.45) is 3.55. The van der Waals surface area contributed by atoms with E-state index in [-0.39, 0.29) is 24.6 Å². The van der Waals surface area contributed by atoms with Gasteiger partial charge in [0, 0.05) is 42.8 Å². The molecule has 3 heterocycles. The number of amides is 1. The third-order valence-electron chi connectivity index (χ3n) is 5.20. The lowest BCUT2D eigenvalue weighted by Crippen LogP contribution is -2.41. The van der Waals surface area contributed by atoms with Crippen LogP contribution in [0.2, 0.25) is 0 Å². The van der Waals surface area contributed by atoms with Crippen LogP contribution in [0.25, 0.3) is 5.69 Å². The average Bonchev–Trinajstić information content (AvgIpc) is 2.72. The maximum absolute atomic E-state index is 13.2. The zero-order valence-electron chi connectivity index (χ0n) is 16.2. The molecule has 0 fully saturated rings. The number of pyridine rings is 1. The Morgan fingerprint density at radius 3 is 2.57 bits per heavy atom. The van der Waals surface area contributed by atoms with Crippen molar-refractivity contribution in [1.82, 2.24) is 19.0 Å². The van der Waals surface area contributed by atoms with Gasteiger partial charge >= 0.3 is 5.69 Å². The molecule has 154 valence electrons. The molecule has 9 heteroatoms. The fourth-order valence-corrected chi connectivity index (χ4v) is 3.53. The highest BCUT2D eigenvalue weighted by Crippen LogP contribution is 2.19. The SMILES string of the molecule is Cc1cn(CC(=O)N2CCc3cc(=O)n(-c4ccc(F)cc4)cc3C2)c(=O)[nH]c1=O. The Morgan fingerprint density at radius 2 is 1.83 bits per heavy atom. The van der Waals surface area contributed by atoms with Crippen molar-refractivity contribution in [2.24, 2.45) is 0 Å². The second kappa shape index (κ2) is 7.58. The monoisotopic (exact) mass is 410 g/mol. The Morgan fingerprint density at radius 1 is 1.10 bits per heavy atom. The van der Waals surface area contributed by atoms with Gasteiger partial charge in [-0.3, -0.25) is 28.5 Å². The van der Waals surface area contributed by atoms with Gasteiger partial charge < -0.3 is 4.90 Å². The number of hydrogen-bond donors (Lipinski definition) is 1. The normalized spacial score (nSPS) is 13.2. The Kier molecular flexibility index (Phi) is 4.94. The van der Waals surface area contributed by atoms with Crippen molar-refractivity contribution >= 4 is 5.91 Å². The fourth-order valence-electron chi connectivity index (χ4n) is 3.53. The first kappa shape index (κ1) is 19.6. The van der Waals surface area contributed by atoms with Gasteiger partial charge in [-0.15, -0.1) is 0 Å². The molecule has 0 aliphatic carbocycles. The molecule has 2 aromatic heterocycles. The highest BCUT2D eigenvalue weighted by molar-refractivity contribution is 5.76. The van der Waals surface area contributed by atoms with E-state index in [4.69, 9.17) is 0 Å². The van der Waals surface area contributed by atoms with Crippen LogP contribution in [-0.2, 0) is 24.3 Å². The Hall–Kier alpha value is -3.75. The summed E-state index contributed by atoms with van der Waals surface area (Å²) in [5.74, 6) is -0.664. The van der Waals surface area contributed by atoms with Gasteiger partial charge in [0.15, 0.2) is 0 Å². The lowest BCUT2D eigenvalue weighted by Gasteiger charge is -2.29. The highest BCUT2D eigenvalue weighted by atomic mass is 19.1. The third-order valence-corrected chi connectivity index (χ3v) is 5.20. The first-order chi connectivity index (χ1) is 14.3. The average molecular weight is 410 g/mol. The summed E-state index contributed by atoms with van der Waals surface area (Å²) in [7, 11) is 0. The Bertz CT molecular complexity index is 1300. The van der Waals surface area contributed by atoms with Gasteiger partial charge in [-0.2, -0.15) is 0 Å². The molecule has 1 amide bonds. The van der Waals surface area contributed by atoms with Gasteiger partial charge in [-0.25, -0.2) is 9.18 Å². The maximum Gasteiger partial charge on any atom is 0.328 e. The van der Waals surface area contributed by atoms with E-state index in [1.807, 2.05) is 0 Å². The number of rotatable bonds is 3. The number of carbonyl (C=O) groups excluding carboxylic acids is 1. The molecular weight excluding hydrogens is 391 g/mol. The molecule has 0 unspecified atom stereocenters. The lowest BCUT2D eigenvalue weighted by molar-refractivity contribution is -0.132. The largest absolute Gasteiger partial charge is 0.336 e. The number of aromatic nitrogens is 3. The minimum atomic E-state index is -0.637. The molecule has 0 saturated carbocycles. The quantitative estimate of drug-likeness (QED) is 0.688. The van der Waals surface area contributed by atoms with E-state index in [9.17, 15) is 23.6 Å². The molecule has 8 nitrogen and oxygen atoms in total. The number of H-pyrrole nitrogens is 1. The van der Waals surface area contributed by atoms with Gasteiger partial charge in [-0.05, 0) is 48.7 Å². The smallest absolute Gasteiger partial charge is 0.328 e. The minimum Gasteiger partial charge on any atom is -0.336 e. The van der Waals surface area contributed by atoms with Crippen LogP contribution in [0.5, 0.6) is 0 Å². The van der Waals surface area contributed by atoms with Gasteiger partial charge in [0.25, 0.3) is 11.1 Å². The van der Waals surface area contributed by atoms with Crippen molar-refractivity contribution in [1.29, 1.82) is 0 Å². The van der Waals surface area contributed by atoms with Crippen LogP contribution in [0.3, 0.4) is 0 Å². The molecule has 0 spiro atoms. The second-order valence-corrected chi connectivity index (χ2v) is 7.27. The molecule has 1 aliphatic heterocycles. The van der Waals surface area contributed by atoms with Crippen molar-refractivity contribution < 1.29 is 9.18 Å². The molecule has 1 aliphatic rings. The van der Waals surface area contributed by atoms with E-state index in [1.54, 1.807) is 18.0 Å². The van der Waals surface area contributed by atoms with E-state index in [1.165, 1.54) is 45.7 Å². The Balaban J connectivity index is 1.59. The van der Waals surface area contributed by atoms with E-state index in [0.29, 0.717) is 24.2 Å². The van der Waals surface area contributed by atoms with Gasteiger partial charge in [-0.1, -0.05) is 0 Å². The molecule has 0 atom stereocenters. The number of hydrogen-bond acceptors (Lipinski definition) is 4. The summed E-state index contributed by atoms with van der Waals surface area (Å²) in [5, 5.41) is 0. The van der Waals surface area contributed by atoms with Crippen LogP contribution in [0, 0.1) is 12.7 Å². The molecule has 30 heavy (non-hydrogen) atoms. The summed E-state index contributed by atoms with van der Waals surface area (Å²) in [4.78, 5) is 52.4. The van der Waals surface area contributed by atoms with Gasteiger partial charge in [0.05, 0.1) is 0 Å². The van der Waals surface area contributed by atoms with E-state index < -0.39 is 17.1 Å².